The number of nitrogens with one attached hydrogen (secondary N) is 1. The predicted octanol–water partition coefficient (Wildman–Crippen LogP) is 3.11. The third-order valence-electron chi connectivity index (χ3n) is 4.11. The van der Waals surface area contributed by atoms with Crippen LogP contribution in [0.15, 0.2) is 53.9 Å². The second kappa shape index (κ2) is 7.17. The van der Waals surface area contributed by atoms with E-state index in [2.05, 4.69) is 32.2 Å². The van der Waals surface area contributed by atoms with Crippen LogP contribution < -0.4 is 0 Å². The first kappa shape index (κ1) is 16.6. The molecule has 1 aromatic carbocycles. The van der Waals surface area contributed by atoms with E-state index in [1.165, 1.54) is 6.33 Å². The molecule has 132 valence electrons. The summed E-state index contributed by atoms with van der Waals surface area (Å²) in [5, 5.41) is 12.1. The molecule has 1 N–H and O–H groups in total. The highest BCUT2D eigenvalue weighted by molar-refractivity contribution is 7.85. The first-order chi connectivity index (χ1) is 12.8. The van der Waals surface area contributed by atoms with Gasteiger partial charge in [0.2, 0.25) is 0 Å². The number of H-pyrrole nitrogens is 1. The largest absolute Gasteiger partial charge is 0.259 e. The molecule has 1 unspecified atom stereocenters. The number of fused-ring (bicyclic) bond motifs is 1. The summed E-state index contributed by atoms with van der Waals surface area (Å²) in [6, 6.07) is 9.74. The van der Waals surface area contributed by atoms with E-state index in [1.807, 2.05) is 30.3 Å². The Morgan fingerprint density at radius 1 is 1.19 bits per heavy atom. The van der Waals surface area contributed by atoms with E-state index < -0.39 is 10.8 Å². The number of nitrogens with zero attached hydrogens (tertiary/aromatic N) is 5. The van der Waals surface area contributed by atoms with Crippen LogP contribution in [0.3, 0.4) is 0 Å². The molecule has 26 heavy (non-hydrogen) atoms. The molecule has 3 heterocycles. The number of aromatic nitrogens is 6. The van der Waals surface area contributed by atoms with Gasteiger partial charge in [-0.25, -0.2) is 14.6 Å². The molecule has 0 saturated heterocycles. The van der Waals surface area contributed by atoms with Crippen LogP contribution in [0, 0.1) is 0 Å². The molecule has 1 atom stereocenters. The van der Waals surface area contributed by atoms with Crippen molar-refractivity contribution in [2.24, 2.45) is 0 Å². The monoisotopic (exact) mass is 366 g/mol. The van der Waals surface area contributed by atoms with Gasteiger partial charge >= 0.3 is 0 Å². The van der Waals surface area contributed by atoms with Gasteiger partial charge in [-0.1, -0.05) is 25.5 Å². The zero-order valence-corrected chi connectivity index (χ0v) is 15.1. The average molecular weight is 366 g/mol. The molecule has 4 rings (SSSR count). The van der Waals surface area contributed by atoms with Crippen LogP contribution in [-0.2, 0) is 10.8 Å². The summed E-state index contributed by atoms with van der Waals surface area (Å²) >= 11 is 0. The number of hydrogen-bond acceptors (Lipinski definition) is 5. The van der Waals surface area contributed by atoms with Gasteiger partial charge in [0.1, 0.15) is 6.33 Å². The molecule has 0 saturated carbocycles. The van der Waals surface area contributed by atoms with Crippen molar-refractivity contribution in [1.82, 2.24) is 29.9 Å². The summed E-state index contributed by atoms with van der Waals surface area (Å²) < 4.78 is 14.1. The maximum Gasteiger partial charge on any atom is 0.162 e. The highest BCUT2D eigenvalue weighted by Crippen LogP contribution is 2.22. The fourth-order valence-electron chi connectivity index (χ4n) is 2.74. The van der Waals surface area contributed by atoms with E-state index in [4.69, 9.17) is 0 Å². The van der Waals surface area contributed by atoms with Crippen LogP contribution in [0.1, 0.15) is 19.8 Å². The van der Waals surface area contributed by atoms with E-state index in [0.717, 1.165) is 40.0 Å². The zero-order chi connectivity index (χ0) is 17.9. The lowest BCUT2D eigenvalue weighted by atomic mass is 10.2. The van der Waals surface area contributed by atoms with E-state index in [0.29, 0.717) is 11.6 Å². The van der Waals surface area contributed by atoms with Gasteiger partial charge in [-0.05, 0) is 24.6 Å². The zero-order valence-electron chi connectivity index (χ0n) is 14.3. The molecule has 0 radical (unpaired) electrons. The van der Waals surface area contributed by atoms with Crippen LogP contribution in [0.25, 0.3) is 28.1 Å². The van der Waals surface area contributed by atoms with Crippen LogP contribution in [0.2, 0.25) is 0 Å². The topological polar surface area (TPSA) is 89.3 Å². The molecule has 4 aromatic rings. The lowest BCUT2D eigenvalue weighted by molar-refractivity contribution is 0.679. The van der Waals surface area contributed by atoms with Crippen molar-refractivity contribution in [3.63, 3.8) is 0 Å². The number of benzene rings is 1. The minimum Gasteiger partial charge on any atom is -0.259 e. The second-order valence-corrected chi connectivity index (χ2v) is 7.50. The Hall–Kier alpha value is -2.87. The number of unbranched alkanes of at least 4 members (excludes halogenated alkanes) is 1. The number of hydrogen-bond donors (Lipinski definition) is 1. The summed E-state index contributed by atoms with van der Waals surface area (Å²) in [6.45, 7) is 2.09. The van der Waals surface area contributed by atoms with Gasteiger partial charge in [0.15, 0.2) is 11.5 Å². The third kappa shape index (κ3) is 3.15. The maximum absolute atomic E-state index is 12.3. The van der Waals surface area contributed by atoms with Gasteiger partial charge in [-0.15, -0.1) is 0 Å². The third-order valence-corrected chi connectivity index (χ3v) is 5.52. The van der Waals surface area contributed by atoms with Crippen molar-refractivity contribution < 1.29 is 4.21 Å². The number of pyridine rings is 1. The summed E-state index contributed by atoms with van der Waals surface area (Å²) in [6.07, 6.45) is 6.89. The minimum absolute atomic E-state index is 0.664. The van der Waals surface area contributed by atoms with Gasteiger partial charge in [-0.3, -0.25) is 9.31 Å². The van der Waals surface area contributed by atoms with Gasteiger partial charge in [0, 0.05) is 22.9 Å². The molecular weight excluding hydrogens is 348 g/mol. The summed E-state index contributed by atoms with van der Waals surface area (Å²) in [5.74, 6) is 1.36. The van der Waals surface area contributed by atoms with Crippen molar-refractivity contribution in [3.05, 3.63) is 49.1 Å². The van der Waals surface area contributed by atoms with E-state index >= 15 is 0 Å². The van der Waals surface area contributed by atoms with Crippen molar-refractivity contribution in [1.29, 1.82) is 0 Å². The van der Waals surface area contributed by atoms with Crippen LogP contribution in [0.5, 0.6) is 0 Å². The molecule has 0 fully saturated rings. The Labute approximate surface area is 153 Å². The molecule has 0 spiro atoms. The van der Waals surface area contributed by atoms with E-state index in [-0.39, 0.29) is 0 Å². The van der Waals surface area contributed by atoms with Crippen molar-refractivity contribution in [3.8, 4) is 17.1 Å². The smallest absolute Gasteiger partial charge is 0.162 e. The highest BCUT2D eigenvalue weighted by atomic mass is 32.2. The van der Waals surface area contributed by atoms with Gasteiger partial charge in [-0.2, -0.15) is 10.2 Å². The molecule has 7 nitrogen and oxygen atoms in total. The Morgan fingerprint density at radius 3 is 2.92 bits per heavy atom. The second-order valence-electron chi connectivity index (χ2n) is 5.93. The molecular formula is C18H18N6OS. The molecule has 0 aliphatic rings. The van der Waals surface area contributed by atoms with Gasteiger partial charge in [0.25, 0.3) is 0 Å². The first-order valence-electron chi connectivity index (χ1n) is 8.44. The average Bonchev–Trinajstić information content (AvgIpc) is 3.35. The quantitative estimate of drug-likeness (QED) is 0.566. The number of rotatable bonds is 6. The molecule has 0 aliphatic heterocycles. The summed E-state index contributed by atoms with van der Waals surface area (Å²) in [4.78, 5) is 9.44. The SMILES string of the molecule is CCCCS(=O)c1cnc2c(cnn2-c2cccc(-c3ncn[nH]3)c2)c1. The Kier molecular flexibility index (Phi) is 4.57. The lowest BCUT2D eigenvalue weighted by Gasteiger charge is -2.05. The fraction of sp³-hybridized carbons (Fsp3) is 0.222. The molecule has 8 heteroatoms. The normalized spacial score (nSPS) is 12.5. The fourth-order valence-corrected chi connectivity index (χ4v) is 3.95. The first-order valence-corrected chi connectivity index (χ1v) is 9.76. The molecule has 3 aromatic heterocycles. The summed E-state index contributed by atoms with van der Waals surface area (Å²) in [5.41, 5.74) is 2.53. The minimum atomic E-state index is -1.02. The highest BCUT2D eigenvalue weighted by Gasteiger charge is 2.11. The van der Waals surface area contributed by atoms with Crippen molar-refractivity contribution in [2.45, 2.75) is 24.7 Å². The maximum atomic E-state index is 12.3. The standard InChI is InChI=1S/C18H18N6OS/c1-2-3-7-26(25)16-9-14-10-22-24(18(14)19-11-16)15-6-4-5-13(8-15)17-20-12-21-23-17/h4-6,8-12H,2-3,7H2,1H3,(H,20,21,23). The van der Waals surface area contributed by atoms with Crippen molar-refractivity contribution in [2.75, 3.05) is 5.75 Å². The molecule has 0 aliphatic carbocycles. The van der Waals surface area contributed by atoms with Crippen LogP contribution in [-0.4, -0.2) is 39.9 Å². The predicted molar refractivity (Wildman–Crippen MR) is 100 cm³/mol. The Morgan fingerprint density at radius 2 is 2.12 bits per heavy atom. The van der Waals surface area contributed by atoms with E-state index in [9.17, 15) is 4.21 Å². The molecule has 0 bridgehead atoms. The van der Waals surface area contributed by atoms with Crippen LogP contribution >= 0.6 is 0 Å². The van der Waals surface area contributed by atoms with Crippen molar-refractivity contribution >= 4 is 21.8 Å². The van der Waals surface area contributed by atoms with Crippen LogP contribution in [0.4, 0.5) is 0 Å². The Balaban J connectivity index is 1.70. The van der Waals surface area contributed by atoms with Gasteiger partial charge < -0.3 is 0 Å². The number of aromatic amines is 1. The Bertz CT molecular complexity index is 1060. The summed E-state index contributed by atoms with van der Waals surface area (Å²) in [7, 11) is -1.02. The van der Waals surface area contributed by atoms with E-state index in [1.54, 1.807) is 17.1 Å². The van der Waals surface area contributed by atoms with Gasteiger partial charge in [0.05, 0.1) is 27.6 Å². The molecule has 0 amide bonds. The lowest BCUT2D eigenvalue weighted by Crippen LogP contribution is -2.00.